The van der Waals surface area contributed by atoms with Crippen molar-refractivity contribution in [2.45, 2.75) is 40.2 Å². The van der Waals surface area contributed by atoms with E-state index in [1.54, 1.807) is 6.92 Å². The summed E-state index contributed by atoms with van der Waals surface area (Å²) in [6.45, 7) is 10.4. The van der Waals surface area contributed by atoms with E-state index < -0.39 is 11.5 Å². The molecule has 0 aliphatic heterocycles. The predicted molar refractivity (Wildman–Crippen MR) is 53.7 cm³/mol. The van der Waals surface area contributed by atoms with Crippen LogP contribution in [0, 0.1) is 11.8 Å². The lowest BCUT2D eigenvalue weighted by Crippen LogP contribution is -2.54. The average molecular weight is 187 g/mol. The van der Waals surface area contributed by atoms with Gasteiger partial charge >= 0.3 is 5.97 Å². The Morgan fingerprint density at radius 1 is 1.38 bits per heavy atom. The molecule has 0 saturated carbocycles. The smallest absolute Gasteiger partial charge is 0.323 e. The van der Waals surface area contributed by atoms with E-state index in [0.717, 1.165) is 6.54 Å². The molecule has 0 aromatic carbocycles. The molecule has 0 amide bonds. The standard InChI is InChI=1S/C10H21NO2/c1-7(2)6-11-10(5,8(3)4)9(12)13/h7-8,11H,6H2,1-5H3,(H,12,13). The number of hydrogen-bond acceptors (Lipinski definition) is 2. The maximum absolute atomic E-state index is 11.0. The highest BCUT2D eigenvalue weighted by atomic mass is 16.4. The molecule has 0 saturated heterocycles. The molecule has 0 aromatic heterocycles. The van der Waals surface area contributed by atoms with Gasteiger partial charge in [0, 0.05) is 0 Å². The molecule has 0 fully saturated rings. The first kappa shape index (κ1) is 12.4. The summed E-state index contributed by atoms with van der Waals surface area (Å²) < 4.78 is 0. The van der Waals surface area contributed by atoms with Gasteiger partial charge in [-0.1, -0.05) is 27.7 Å². The maximum atomic E-state index is 11.0. The van der Waals surface area contributed by atoms with E-state index in [9.17, 15) is 4.79 Å². The predicted octanol–water partition coefficient (Wildman–Crippen LogP) is 1.73. The largest absolute Gasteiger partial charge is 0.480 e. The van der Waals surface area contributed by atoms with E-state index in [1.165, 1.54) is 0 Å². The van der Waals surface area contributed by atoms with Crippen molar-refractivity contribution in [3.05, 3.63) is 0 Å². The highest BCUT2D eigenvalue weighted by molar-refractivity contribution is 5.78. The SMILES string of the molecule is CC(C)CNC(C)(C(=O)O)C(C)C. The van der Waals surface area contributed by atoms with Crippen molar-refractivity contribution in [1.82, 2.24) is 5.32 Å². The van der Waals surface area contributed by atoms with Crippen LogP contribution < -0.4 is 5.32 Å². The lowest BCUT2D eigenvalue weighted by atomic mass is 9.88. The topological polar surface area (TPSA) is 49.3 Å². The summed E-state index contributed by atoms with van der Waals surface area (Å²) in [5.74, 6) is -0.218. The Hall–Kier alpha value is -0.570. The summed E-state index contributed by atoms with van der Waals surface area (Å²) >= 11 is 0. The third-order valence-corrected chi connectivity index (χ3v) is 2.48. The summed E-state index contributed by atoms with van der Waals surface area (Å²) in [5, 5.41) is 12.1. The molecule has 0 radical (unpaired) electrons. The van der Waals surface area contributed by atoms with E-state index in [2.05, 4.69) is 19.2 Å². The molecule has 13 heavy (non-hydrogen) atoms. The van der Waals surface area contributed by atoms with E-state index in [1.807, 2.05) is 13.8 Å². The first-order valence-corrected chi connectivity index (χ1v) is 4.79. The number of aliphatic carboxylic acids is 1. The average Bonchev–Trinajstić information content (AvgIpc) is 1.99. The molecule has 2 N–H and O–H groups in total. The van der Waals surface area contributed by atoms with Gasteiger partial charge in [0.25, 0.3) is 0 Å². The number of carboxylic acid groups (broad SMARTS) is 1. The van der Waals surface area contributed by atoms with Crippen LogP contribution in [0.25, 0.3) is 0 Å². The highest BCUT2D eigenvalue weighted by Crippen LogP contribution is 2.16. The van der Waals surface area contributed by atoms with Crippen molar-refractivity contribution in [2.24, 2.45) is 11.8 Å². The summed E-state index contributed by atoms with van der Waals surface area (Å²) in [7, 11) is 0. The fourth-order valence-corrected chi connectivity index (χ4v) is 0.943. The second-order valence-electron chi connectivity index (χ2n) is 4.44. The van der Waals surface area contributed by atoms with E-state index in [-0.39, 0.29) is 5.92 Å². The Kier molecular flexibility index (Phi) is 4.40. The zero-order valence-electron chi connectivity index (χ0n) is 9.22. The number of nitrogens with one attached hydrogen (secondary N) is 1. The van der Waals surface area contributed by atoms with Crippen molar-refractivity contribution in [1.29, 1.82) is 0 Å². The zero-order chi connectivity index (χ0) is 10.6. The maximum Gasteiger partial charge on any atom is 0.323 e. The molecule has 1 atom stereocenters. The van der Waals surface area contributed by atoms with Crippen LogP contribution in [0.15, 0.2) is 0 Å². The van der Waals surface area contributed by atoms with Crippen LogP contribution in [0.3, 0.4) is 0 Å². The molecule has 0 aliphatic rings. The number of hydrogen-bond donors (Lipinski definition) is 2. The number of carbonyl (C=O) groups is 1. The number of rotatable bonds is 5. The van der Waals surface area contributed by atoms with E-state index >= 15 is 0 Å². The lowest BCUT2D eigenvalue weighted by molar-refractivity contribution is -0.146. The molecular formula is C10H21NO2. The van der Waals surface area contributed by atoms with Gasteiger partial charge in [-0.2, -0.15) is 0 Å². The van der Waals surface area contributed by atoms with Gasteiger partial charge in [-0.05, 0) is 25.3 Å². The molecule has 0 aromatic rings. The highest BCUT2D eigenvalue weighted by Gasteiger charge is 2.35. The van der Waals surface area contributed by atoms with Gasteiger partial charge in [-0.25, -0.2) is 0 Å². The van der Waals surface area contributed by atoms with Gasteiger partial charge in [-0.15, -0.1) is 0 Å². The van der Waals surface area contributed by atoms with Crippen molar-refractivity contribution in [3.63, 3.8) is 0 Å². The summed E-state index contributed by atoms with van der Waals surface area (Å²) in [6.07, 6.45) is 0. The zero-order valence-corrected chi connectivity index (χ0v) is 9.22. The second kappa shape index (κ2) is 4.61. The van der Waals surface area contributed by atoms with Crippen LogP contribution in [-0.2, 0) is 4.79 Å². The Balaban J connectivity index is 4.34. The summed E-state index contributed by atoms with van der Waals surface area (Å²) in [5.41, 5.74) is -0.801. The molecule has 0 rings (SSSR count). The second-order valence-corrected chi connectivity index (χ2v) is 4.44. The first-order chi connectivity index (χ1) is 5.80. The molecule has 78 valence electrons. The van der Waals surface area contributed by atoms with Crippen LogP contribution in [-0.4, -0.2) is 23.2 Å². The van der Waals surface area contributed by atoms with Crippen LogP contribution in [0.4, 0.5) is 0 Å². The fraction of sp³-hybridized carbons (Fsp3) is 0.900. The fourth-order valence-electron chi connectivity index (χ4n) is 0.943. The summed E-state index contributed by atoms with van der Waals surface area (Å²) in [6, 6.07) is 0. The molecule has 0 spiro atoms. The molecule has 3 heteroatoms. The van der Waals surface area contributed by atoms with E-state index in [0.29, 0.717) is 5.92 Å². The van der Waals surface area contributed by atoms with Crippen molar-refractivity contribution in [3.8, 4) is 0 Å². The van der Waals surface area contributed by atoms with Crippen LogP contribution in [0.2, 0.25) is 0 Å². The van der Waals surface area contributed by atoms with Gasteiger partial charge < -0.3 is 10.4 Å². The van der Waals surface area contributed by atoms with Crippen LogP contribution >= 0.6 is 0 Å². The van der Waals surface area contributed by atoms with Gasteiger partial charge in [-0.3, -0.25) is 4.79 Å². The minimum Gasteiger partial charge on any atom is -0.480 e. The van der Waals surface area contributed by atoms with Crippen molar-refractivity contribution < 1.29 is 9.90 Å². The Labute approximate surface area is 80.5 Å². The molecule has 0 heterocycles. The minimum absolute atomic E-state index is 0.0868. The first-order valence-electron chi connectivity index (χ1n) is 4.79. The van der Waals surface area contributed by atoms with Gasteiger partial charge in [0.15, 0.2) is 0 Å². The van der Waals surface area contributed by atoms with Crippen LogP contribution in [0.1, 0.15) is 34.6 Å². The normalized spacial score (nSPS) is 16.2. The Bertz CT molecular complexity index is 178. The molecule has 0 bridgehead atoms. The minimum atomic E-state index is -0.801. The third-order valence-electron chi connectivity index (χ3n) is 2.48. The van der Waals surface area contributed by atoms with Crippen molar-refractivity contribution >= 4 is 5.97 Å². The molecule has 0 aliphatic carbocycles. The molecule has 3 nitrogen and oxygen atoms in total. The van der Waals surface area contributed by atoms with Gasteiger partial charge in [0.2, 0.25) is 0 Å². The van der Waals surface area contributed by atoms with Crippen LogP contribution in [0.5, 0.6) is 0 Å². The Morgan fingerprint density at radius 3 is 2.08 bits per heavy atom. The van der Waals surface area contributed by atoms with Gasteiger partial charge in [0.1, 0.15) is 5.54 Å². The molecule has 1 unspecified atom stereocenters. The summed E-state index contributed by atoms with van der Waals surface area (Å²) in [4.78, 5) is 11.0. The van der Waals surface area contributed by atoms with Gasteiger partial charge in [0.05, 0.1) is 0 Å². The third kappa shape index (κ3) is 3.35. The van der Waals surface area contributed by atoms with Crippen molar-refractivity contribution in [2.75, 3.05) is 6.54 Å². The monoisotopic (exact) mass is 187 g/mol. The number of carboxylic acids is 1. The lowest BCUT2D eigenvalue weighted by Gasteiger charge is -2.31. The molecular weight excluding hydrogens is 166 g/mol. The Morgan fingerprint density at radius 2 is 1.85 bits per heavy atom. The van der Waals surface area contributed by atoms with E-state index in [4.69, 9.17) is 5.11 Å². The quantitative estimate of drug-likeness (QED) is 0.689.